The highest BCUT2D eigenvalue weighted by molar-refractivity contribution is 5.95. The van der Waals surface area contributed by atoms with Gasteiger partial charge in [-0.2, -0.15) is 5.10 Å². The van der Waals surface area contributed by atoms with E-state index in [4.69, 9.17) is 0 Å². The highest BCUT2D eigenvalue weighted by Gasteiger charge is 2.07. The van der Waals surface area contributed by atoms with E-state index in [1.165, 1.54) is 37.7 Å². The molecule has 1 saturated carbocycles. The molecule has 1 N–H and O–H groups in total. The number of rotatable bonds is 3. The van der Waals surface area contributed by atoms with Gasteiger partial charge in [-0.15, -0.1) is 0 Å². The minimum atomic E-state index is -0.109. The van der Waals surface area contributed by atoms with Crippen LogP contribution in [0.2, 0.25) is 0 Å². The first-order valence-electron chi connectivity index (χ1n) is 7.74. The Morgan fingerprint density at radius 1 is 1.05 bits per heavy atom. The topological polar surface area (TPSA) is 41.5 Å². The number of amides is 1. The third kappa shape index (κ3) is 4.48. The van der Waals surface area contributed by atoms with Crippen LogP contribution < -0.4 is 5.43 Å². The van der Waals surface area contributed by atoms with Gasteiger partial charge >= 0.3 is 0 Å². The van der Waals surface area contributed by atoms with Gasteiger partial charge in [0.25, 0.3) is 5.91 Å². The number of aryl methyl sites for hydroxylation is 1. The van der Waals surface area contributed by atoms with Gasteiger partial charge in [0.15, 0.2) is 0 Å². The molecule has 20 heavy (non-hydrogen) atoms. The van der Waals surface area contributed by atoms with E-state index in [9.17, 15) is 4.79 Å². The Bertz CT molecular complexity index is 452. The SMILES string of the molecule is CCc1ccc(C(=O)NN=C2CCCCCCC2)cc1. The summed E-state index contributed by atoms with van der Waals surface area (Å²) in [6.07, 6.45) is 9.33. The van der Waals surface area contributed by atoms with E-state index >= 15 is 0 Å². The Morgan fingerprint density at radius 2 is 1.65 bits per heavy atom. The zero-order valence-corrected chi connectivity index (χ0v) is 12.3. The van der Waals surface area contributed by atoms with Gasteiger partial charge in [-0.05, 0) is 49.8 Å². The van der Waals surface area contributed by atoms with Crippen molar-refractivity contribution in [2.45, 2.75) is 58.3 Å². The van der Waals surface area contributed by atoms with Crippen molar-refractivity contribution in [1.82, 2.24) is 5.43 Å². The lowest BCUT2D eigenvalue weighted by Crippen LogP contribution is -2.20. The van der Waals surface area contributed by atoms with E-state index < -0.39 is 0 Å². The molecular weight excluding hydrogens is 248 g/mol. The third-order valence-electron chi connectivity index (χ3n) is 3.87. The molecule has 3 nitrogen and oxygen atoms in total. The molecule has 1 aromatic rings. The molecule has 0 radical (unpaired) electrons. The summed E-state index contributed by atoms with van der Waals surface area (Å²) >= 11 is 0. The van der Waals surface area contributed by atoms with E-state index in [0.717, 1.165) is 25.0 Å². The summed E-state index contributed by atoms with van der Waals surface area (Å²) < 4.78 is 0. The normalized spacial score (nSPS) is 16.1. The fraction of sp³-hybridized carbons (Fsp3) is 0.529. The summed E-state index contributed by atoms with van der Waals surface area (Å²) in [5.41, 5.74) is 5.77. The first kappa shape index (κ1) is 14.8. The molecule has 1 amide bonds. The second-order valence-corrected chi connectivity index (χ2v) is 5.44. The summed E-state index contributed by atoms with van der Waals surface area (Å²) in [5, 5.41) is 4.32. The maximum Gasteiger partial charge on any atom is 0.271 e. The molecule has 108 valence electrons. The van der Waals surface area contributed by atoms with Crippen molar-refractivity contribution in [1.29, 1.82) is 0 Å². The number of hydrogen-bond donors (Lipinski definition) is 1. The average Bonchev–Trinajstić information content (AvgIpc) is 2.46. The lowest BCUT2D eigenvalue weighted by molar-refractivity contribution is 0.0954. The molecule has 1 aliphatic carbocycles. The van der Waals surface area contributed by atoms with Crippen LogP contribution >= 0.6 is 0 Å². The predicted molar refractivity (Wildman–Crippen MR) is 83.0 cm³/mol. The smallest absolute Gasteiger partial charge is 0.267 e. The molecule has 0 aliphatic heterocycles. The largest absolute Gasteiger partial charge is 0.271 e. The van der Waals surface area contributed by atoms with Gasteiger partial charge in [-0.3, -0.25) is 4.79 Å². The molecular formula is C17H24N2O. The van der Waals surface area contributed by atoms with Crippen LogP contribution in [-0.2, 0) is 6.42 Å². The van der Waals surface area contributed by atoms with Gasteiger partial charge in [0.05, 0.1) is 0 Å². The third-order valence-corrected chi connectivity index (χ3v) is 3.87. The molecule has 1 fully saturated rings. The number of nitrogens with zero attached hydrogens (tertiary/aromatic N) is 1. The molecule has 1 aliphatic rings. The van der Waals surface area contributed by atoms with Gasteiger partial charge in [-0.25, -0.2) is 5.43 Å². The summed E-state index contributed by atoms with van der Waals surface area (Å²) in [5.74, 6) is -0.109. The average molecular weight is 272 g/mol. The van der Waals surface area contributed by atoms with Crippen molar-refractivity contribution in [3.63, 3.8) is 0 Å². The van der Waals surface area contributed by atoms with E-state index in [-0.39, 0.29) is 5.91 Å². The van der Waals surface area contributed by atoms with Gasteiger partial charge in [-0.1, -0.05) is 38.3 Å². The van der Waals surface area contributed by atoms with Crippen molar-refractivity contribution in [2.75, 3.05) is 0 Å². The van der Waals surface area contributed by atoms with E-state index in [1.54, 1.807) is 0 Å². The monoisotopic (exact) mass is 272 g/mol. The molecule has 3 heteroatoms. The Balaban J connectivity index is 1.92. The maximum atomic E-state index is 12.0. The zero-order chi connectivity index (χ0) is 14.2. The number of hydrogen-bond acceptors (Lipinski definition) is 2. The summed E-state index contributed by atoms with van der Waals surface area (Å²) in [4.78, 5) is 12.0. The number of hydrazone groups is 1. The van der Waals surface area contributed by atoms with Crippen LogP contribution in [-0.4, -0.2) is 11.6 Å². The van der Waals surface area contributed by atoms with Gasteiger partial charge in [0.2, 0.25) is 0 Å². The van der Waals surface area contributed by atoms with Crippen molar-refractivity contribution < 1.29 is 4.79 Å². The second kappa shape index (κ2) is 7.83. The van der Waals surface area contributed by atoms with Gasteiger partial charge < -0.3 is 0 Å². The molecule has 0 unspecified atom stereocenters. The Labute approximate surface area is 121 Å². The fourth-order valence-corrected chi connectivity index (χ4v) is 2.51. The van der Waals surface area contributed by atoms with Crippen molar-refractivity contribution in [3.05, 3.63) is 35.4 Å². The van der Waals surface area contributed by atoms with Crippen molar-refractivity contribution in [2.24, 2.45) is 5.10 Å². The van der Waals surface area contributed by atoms with Crippen LogP contribution in [0.3, 0.4) is 0 Å². The molecule has 0 aromatic heterocycles. The van der Waals surface area contributed by atoms with Crippen molar-refractivity contribution in [3.8, 4) is 0 Å². The van der Waals surface area contributed by atoms with E-state index in [2.05, 4.69) is 17.5 Å². The van der Waals surface area contributed by atoms with Crippen LogP contribution in [0.4, 0.5) is 0 Å². The number of carbonyl (C=O) groups excluding carboxylic acids is 1. The lowest BCUT2D eigenvalue weighted by Gasteiger charge is -2.11. The van der Waals surface area contributed by atoms with E-state index in [1.807, 2.05) is 24.3 Å². The molecule has 1 aromatic carbocycles. The second-order valence-electron chi connectivity index (χ2n) is 5.44. The summed E-state index contributed by atoms with van der Waals surface area (Å²) in [6.45, 7) is 2.11. The molecule has 0 saturated heterocycles. The predicted octanol–water partition coefficient (Wildman–Crippen LogP) is 4.08. The molecule has 0 atom stereocenters. The Morgan fingerprint density at radius 3 is 2.25 bits per heavy atom. The Kier molecular flexibility index (Phi) is 5.78. The minimum Gasteiger partial charge on any atom is -0.267 e. The van der Waals surface area contributed by atoms with Crippen molar-refractivity contribution >= 4 is 11.6 Å². The fourth-order valence-electron chi connectivity index (χ4n) is 2.51. The van der Waals surface area contributed by atoms with E-state index in [0.29, 0.717) is 5.56 Å². The zero-order valence-electron chi connectivity index (χ0n) is 12.3. The minimum absolute atomic E-state index is 0.109. The highest BCUT2D eigenvalue weighted by atomic mass is 16.2. The molecule has 0 spiro atoms. The number of nitrogens with one attached hydrogen (secondary N) is 1. The maximum absolute atomic E-state index is 12.0. The first-order chi connectivity index (χ1) is 9.79. The molecule has 0 bridgehead atoms. The number of benzene rings is 1. The van der Waals surface area contributed by atoms with Crippen LogP contribution in [0.25, 0.3) is 0 Å². The molecule has 2 rings (SSSR count). The standard InChI is InChI=1S/C17H24N2O/c1-2-14-10-12-15(13-11-14)17(20)19-18-16-8-6-4-3-5-7-9-16/h10-13H,2-9H2,1H3,(H,19,20). The summed E-state index contributed by atoms with van der Waals surface area (Å²) in [6, 6.07) is 7.73. The van der Waals surface area contributed by atoms with Crippen LogP contribution in [0, 0.1) is 0 Å². The highest BCUT2D eigenvalue weighted by Crippen LogP contribution is 2.14. The lowest BCUT2D eigenvalue weighted by atomic mass is 9.99. The molecule has 0 heterocycles. The van der Waals surface area contributed by atoms with Crippen LogP contribution in [0.15, 0.2) is 29.4 Å². The van der Waals surface area contributed by atoms with Crippen LogP contribution in [0.1, 0.15) is 67.8 Å². The number of carbonyl (C=O) groups is 1. The van der Waals surface area contributed by atoms with Crippen LogP contribution in [0.5, 0.6) is 0 Å². The van der Waals surface area contributed by atoms with Gasteiger partial charge in [0, 0.05) is 11.3 Å². The first-order valence-corrected chi connectivity index (χ1v) is 7.74. The van der Waals surface area contributed by atoms with Gasteiger partial charge in [0.1, 0.15) is 0 Å². The summed E-state index contributed by atoms with van der Waals surface area (Å²) in [7, 11) is 0. The Hall–Kier alpha value is -1.64. The quantitative estimate of drug-likeness (QED) is 0.828.